The minimum atomic E-state index is -4.91. The Hall–Kier alpha value is -2.34. The molecule has 1 aliphatic heterocycles. The summed E-state index contributed by atoms with van der Waals surface area (Å²) in [4.78, 5) is 28.0. The number of allylic oxidation sites excluding steroid dienone is 1. The van der Waals surface area contributed by atoms with Gasteiger partial charge in [-0.25, -0.2) is 0 Å². The van der Waals surface area contributed by atoms with E-state index >= 15 is 0 Å². The van der Waals surface area contributed by atoms with E-state index < -0.39 is 23.5 Å². The number of Topliss-reactive ketones (excluding diaryl/α,β-unsaturated/α-hetero) is 1. The molecule has 0 saturated carbocycles. The summed E-state index contributed by atoms with van der Waals surface area (Å²) in [6.45, 7) is 3.63. The van der Waals surface area contributed by atoms with Crippen molar-refractivity contribution in [3.63, 3.8) is 0 Å². The molecule has 0 radical (unpaired) electrons. The standard InChI is InChI=1S/C22H25F6N3O2S/c1-3-13(9-18-19(31-20(33)34-18)30-12-16(32)4-2)7-8-29-11-14-5-6-15(21(23,24)25)10-17(14)22(26,27)28/h5-6,9-10,13,29H,3-4,7-8,11-12H2,1-2H3,(H,30,31,33)/b18-9-. The van der Waals surface area contributed by atoms with Crippen LogP contribution < -0.4 is 10.6 Å². The fourth-order valence-electron chi connectivity index (χ4n) is 3.14. The number of carbonyl (C=O) groups excluding carboxylic acids is 2. The van der Waals surface area contributed by atoms with E-state index in [1.54, 1.807) is 6.92 Å². The summed E-state index contributed by atoms with van der Waals surface area (Å²) < 4.78 is 78.2. The zero-order chi connectivity index (χ0) is 25.5. The number of hydrogen-bond donors (Lipinski definition) is 2. The summed E-state index contributed by atoms with van der Waals surface area (Å²) in [5.41, 5.74) is -2.95. The molecule has 0 spiro atoms. The molecule has 1 saturated heterocycles. The van der Waals surface area contributed by atoms with Gasteiger partial charge in [0.05, 0.1) is 22.6 Å². The Kier molecular flexibility index (Phi) is 9.74. The fourth-order valence-corrected chi connectivity index (χ4v) is 3.96. The molecule has 1 aromatic carbocycles. The van der Waals surface area contributed by atoms with Gasteiger partial charge in [-0.15, -0.1) is 0 Å². The zero-order valence-corrected chi connectivity index (χ0v) is 19.4. The lowest BCUT2D eigenvalue weighted by Crippen LogP contribution is -2.22. The maximum atomic E-state index is 13.3. The van der Waals surface area contributed by atoms with Crippen molar-refractivity contribution < 1.29 is 35.9 Å². The van der Waals surface area contributed by atoms with Gasteiger partial charge in [-0.2, -0.15) is 26.3 Å². The number of rotatable bonds is 10. The predicted octanol–water partition coefficient (Wildman–Crippen LogP) is 5.95. The van der Waals surface area contributed by atoms with Gasteiger partial charge in [-0.05, 0) is 54.8 Å². The highest BCUT2D eigenvalue weighted by Gasteiger charge is 2.38. The van der Waals surface area contributed by atoms with Crippen LogP contribution in [0.1, 0.15) is 49.8 Å². The van der Waals surface area contributed by atoms with Crippen molar-refractivity contribution in [3.05, 3.63) is 45.9 Å². The molecule has 34 heavy (non-hydrogen) atoms. The van der Waals surface area contributed by atoms with Crippen LogP contribution in [0.4, 0.5) is 31.1 Å². The van der Waals surface area contributed by atoms with Gasteiger partial charge < -0.3 is 10.6 Å². The van der Waals surface area contributed by atoms with Crippen molar-refractivity contribution >= 4 is 28.6 Å². The van der Waals surface area contributed by atoms with Crippen molar-refractivity contribution in [2.24, 2.45) is 10.9 Å². The molecule has 0 aliphatic carbocycles. The number of nitrogens with one attached hydrogen (secondary N) is 2. The first-order valence-electron chi connectivity index (χ1n) is 10.6. The second-order valence-corrected chi connectivity index (χ2v) is 8.62. The highest BCUT2D eigenvalue weighted by molar-refractivity contribution is 8.18. The van der Waals surface area contributed by atoms with Gasteiger partial charge in [-0.1, -0.05) is 26.0 Å². The van der Waals surface area contributed by atoms with Gasteiger partial charge in [0.15, 0.2) is 5.78 Å². The summed E-state index contributed by atoms with van der Waals surface area (Å²) in [7, 11) is 0. The molecule has 1 aromatic rings. The molecule has 1 fully saturated rings. The van der Waals surface area contributed by atoms with Crippen LogP contribution in [0.5, 0.6) is 0 Å². The molecular formula is C22H25F6N3O2S. The highest BCUT2D eigenvalue weighted by atomic mass is 32.2. The molecule has 1 amide bonds. The van der Waals surface area contributed by atoms with Crippen molar-refractivity contribution in [1.82, 2.24) is 10.6 Å². The Balaban J connectivity index is 2.03. The van der Waals surface area contributed by atoms with Crippen LogP contribution in [0, 0.1) is 5.92 Å². The molecule has 1 heterocycles. The Bertz CT molecular complexity index is 957. The van der Waals surface area contributed by atoms with Crippen LogP contribution in [0.3, 0.4) is 0 Å². The first kappa shape index (κ1) is 27.9. The number of amides is 1. The van der Waals surface area contributed by atoms with E-state index in [2.05, 4.69) is 15.6 Å². The number of thioether (sulfide) groups is 1. The van der Waals surface area contributed by atoms with Gasteiger partial charge >= 0.3 is 12.4 Å². The number of amidine groups is 1. The molecule has 188 valence electrons. The Labute approximate surface area is 197 Å². The molecule has 12 heteroatoms. The highest BCUT2D eigenvalue weighted by Crippen LogP contribution is 2.37. The Morgan fingerprint density at radius 1 is 1.18 bits per heavy atom. The third kappa shape index (κ3) is 8.15. The summed E-state index contributed by atoms with van der Waals surface area (Å²) in [5, 5.41) is 5.13. The number of benzene rings is 1. The summed E-state index contributed by atoms with van der Waals surface area (Å²) in [6, 6.07) is 1.60. The van der Waals surface area contributed by atoms with Gasteiger partial charge in [0.25, 0.3) is 5.24 Å². The van der Waals surface area contributed by atoms with E-state index in [4.69, 9.17) is 0 Å². The maximum absolute atomic E-state index is 13.3. The molecule has 5 nitrogen and oxygen atoms in total. The minimum absolute atomic E-state index is 0.0375. The molecule has 2 rings (SSSR count). The number of aliphatic imine (C=N–C) groups is 1. The average Bonchev–Trinajstić information content (AvgIpc) is 3.11. The van der Waals surface area contributed by atoms with Crippen LogP contribution in [0.15, 0.2) is 34.2 Å². The van der Waals surface area contributed by atoms with E-state index in [0.29, 0.717) is 42.6 Å². The molecule has 0 aromatic heterocycles. The van der Waals surface area contributed by atoms with Crippen LogP contribution >= 0.6 is 11.8 Å². The lowest BCUT2D eigenvalue weighted by Gasteiger charge is -2.17. The molecular weight excluding hydrogens is 484 g/mol. The zero-order valence-electron chi connectivity index (χ0n) is 18.6. The van der Waals surface area contributed by atoms with Crippen molar-refractivity contribution in [2.45, 2.75) is 52.0 Å². The summed E-state index contributed by atoms with van der Waals surface area (Å²) in [6.07, 6.45) is -6.43. The largest absolute Gasteiger partial charge is 0.416 e. The second-order valence-electron chi connectivity index (χ2n) is 7.60. The van der Waals surface area contributed by atoms with Crippen LogP contribution in [-0.2, 0) is 23.7 Å². The summed E-state index contributed by atoms with van der Waals surface area (Å²) >= 11 is 0.952. The number of carbonyl (C=O) groups is 2. The predicted molar refractivity (Wildman–Crippen MR) is 118 cm³/mol. The molecule has 1 unspecified atom stereocenters. The smallest absolute Gasteiger partial charge is 0.313 e. The fraction of sp³-hybridized carbons (Fsp3) is 0.500. The van der Waals surface area contributed by atoms with Crippen LogP contribution in [0.2, 0.25) is 0 Å². The Morgan fingerprint density at radius 2 is 1.88 bits per heavy atom. The summed E-state index contributed by atoms with van der Waals surface area (Å²) in [5.74, 6) is 0.211. The molecule has 0 bridgehead atoms. The van der Waals surface area contributed by atoms with E-state index in [9.17, 15) is 35.9 Å². The van der Waals surface area contributed by atoms with Gasteiger partial charge in [-0.3, -0.25) is 14.6 Å². The van der Waals surface area contributed by atoms with Crippen molar-refractivity contribution in [3.8, 4) is 0 Å². The third-order valence-electron chi connectivity index (χ3n) is 5.13. The quantitative estimate of drug-likeness (QED) is 0.302. The number of alkyl halides is 6. The van der Waals surface area contributed by atoms with E-state index in [0.717, 1.165) is 17.8 Å². The SMILES string of the molecule is CCC(=O)CN=C1NC(=O)S/C1=C\C(CC)CCNCc1ccc(C(F)(F)F)cc1C(F)(F)F. The van der Waals surface area contributed by atoms with Crippen LogP contribution in [-0.4, -0.2) is 29.9 Å². The molecule has 1 atom stereocenters. The lowest BCUT2D eigenvalue weighted by molar-refractivity contribution is -0.143. The van der Waals surface area contributed by atoms with Crippen molar-refractivity contribution in [2.75, 3.05) is 13.1 Å². The monoisotopic (exact) mass is 509 g/mol. The second kappa shape index (κ2) is 11.9. The number of hydrogen-bond acceptors (Lipinski definition) is 5. The van der Waals surface area contributed by atoms with Gasteiger partial charge in [0, 0.05) is 13.0 Å². The van der Waals surface area contributed by atoms with Gasteiger partial charge in [0.2, 0.25) is 0 Å². The van der Waals surface area contributed by atoms with E-state index in [-0.39, 0.29) is 41.7 Å². The minimum Gasteiger partial charge on any atom is -0.313 e. The van der Waals surface area contributed by atoms with Crippen molar-refractivity contribution in [1.29, 1.82) is 0 Å². The maximum Gasteiger partial charge on any atom is 0.416 e. The topological polar surface area (TPSA) is 70.6 Å². The molecule has 1 aliphatic rings. The third-order valence-corrected chi connectivity index (χ3v) is 5.96. The molecule has 2 N–H and O–H groups in total. The Morgan fingerprint density at radius 3 is 2.47 bits per heavy atom. The lowest BCUT2D eigenvalue weighted by atomic mass is 10.0. The number of nitrogens with zero attached hydrogens (tertiary/aromatic N) is 1. The van der Waals surface area contributed by atoms with E-state index in [1.165, 1.54) is 0 Å². The van der Waals surface area contributed by atoms with E-state index in [1.807, 2.05) is 13.0 Å². The van der Waals surface area contributed by atoms with Gasteiger partial charge in [0.1, 0.15) is 5.84 Å². The number of ketones is 1. The number of halogens is 6. The van der Waals surface area contributed by atoms with Crippen LogP contribution in [0.25, 0.3) is 0 Å². The average molecular weight is 510 g/mol. The normalized spacial score (nSPS) is 17.9. The first-order valence-corrected chi connectivity index (χ1v) is 11.4. The first-order chi connectivity index (χ1) is 15.8.